The molecule has 75 heavy (non-hydrogen) atoms. The molecule has 19 heteroatoms. The van der Waals surface area contributed by atoms with Gasteiger partial charge >= 0.3 is 0 Å². The number of anilines is 4. The number of hydrogen-bond acceptors (Lipinski definition) is 12. The number of sulfone groups is 2. The summed E-state index contributed by atoms with van der Waals surface area (Å²) in [4.78, 5) is 7.62. The fourth-order valence-corrected chi connectivity index (χ4v) is 14.6. The summed E-state index contributed by atoms with van der Waals surface area (Å²) in [5.41, 5.74) is 5.01. The number of halogens is 2. The molecule has 402 valence electrons. The Kier molecular flexibility index (Phi) is 17.7. The largest absolute Gasteiger partial charge is 0.380 e. The van der Waals surface area contributed by atoms with E-state index in [4.69, 9.17) is 16.3 Å². The van der Waals surface area contributed by atoms with Crippen molar-refractivity contribution in [2.24, 2.45) is 0 Å². The van der Waals surface area contributed by atoms with Gasteiger partial charge in [0.15, 0.2) is 19.7 Å². The molecule has 1 atom stereocenters. The molecule has 2 aliphatic rings. The van der Waals surface area contributed by atoms with Crippen LogP contribution in [0.15, 0.2) is 135 Å². The van der Waals surface area contributed by atoms with Crippen LogP contribution >= 0.6 is 23.4 Å². The number of benzene rings is 5. The molecule has 0 bridgehead atoms. The third kappa shape index (κ3) is 13.9. The average molecular weight is 1120 g/mol. The first kappa shape index (κ1) is 56.1. The van der Waals surface area contributed by atoms with Crippen LogP contribution in [-0.2, 0) is 34.4 Å². The zero-order valence-electron chi connectivity index (χ0n) is 43.6. The smallest absolute Gasteiger partial charge is 0.261 e. The first-order chi connectivity index (χ1) is 35.5. The number of rotatable bonds is 20. The summed E-state index contributed by atoms with van der Waals surface area (Å²) in [6.45, 7) is 14.7. The first-order valence-electron chi connectivity index (χ1n) is 25.3. The molecular formula is C56H68ClFN6O7S4. The standard InChI is InChI=1S/C56H68ClFN6O7S4/c1-38(2)64-40(5)56(74(7,67)68)54(55(64)41-13-15-43(57)16-14-41)42-33-44(58)35-48(34-42)63-31-29-62(30-32-63)47-19-17-45(18-20-47)60-75(69,70)51-21-22-52(53(36-51)73(6,65)66)59-46(37-72-50-11-9-8-10-12-50)23-26-61-27-24-49(25-28-61)71-39(3)4/h8-22,33-36,38-39,46,49,59-60H,23-32,37H2,1-7H3/t46-/m1/s1. The highest BCUT2D eigenvalue weighted by Gasteiger charge is 2.31. The van der Waals surface area contributed by atoms with Crippen molar-refractivity contribution in [2.45, 2.75) is 97.8 Å². The minimum absolute atomic E-state index is 0.0997. The van der Waals surface area contributed by atoms with E-state index in [0.29, 0.717) is 76.5 Å². The molecule has 0 spiro atoms. The number of ether oxygens (including phenoxy) is 1. The lowest BCUT2D eigenvalue weighted by molar-refractivity contribution is -0.0268. The molecule has 0 amide bonds. The van der Waals surface area contributed by atoms with Crippen LogP contribution in [0.3, 0.4) is 0 Å². The lowest BCUT2D eigenvalue weighted by atomic mass is 9.99. The van der Waals surface area contributed by atoms with Crippen LogP contribution in [0.25, 0.3) is 22.4 Å². The number of hydrogen-bond donors (Lipinski definition) is 2. The molecule has 5 aromatic carbocycles. The molecule has 3 heterocycles. The van der Waals surface area contributed by atoms with Gasteiger partial charge in [0.05, 0.1) is 38.3 Å². The Morgan fingerprint density at radius 1 is 0.733 bits per heavy atom. The van der Waals surface area contributed by atoms with Gasteiger partial charge in [0.2, 0.25) is 0 Å². The number of nitrogens with zero attached hydrogens (tertiary/aromatic N) is 4. The van der Waals surface area contributed by atoms with Gasteiger partial charge in [0.25, 0.3) is 10.0 Å². The summed E-state index contributed by atoms with van der Waals surface area (Å²) in [6.07, 6.45) is 5.38. The van der Waals surface area contributed by atoms with Crippen LogP contribution in [-0.4, -0.2) is 117 Å². The number of thioether (sulfide) groups is 1. The summed E-state index contributed by atoms with van der Waals surface area (Å²) in [5.74, 6) is 0.172. The summed E-state index contributed by atoms with van der Waals surface area (Å²) >= 11 is 7.95. The maximum Gasteiger partial charge on any atom is 0.261 e. The van der Waals surface area contributed by atoms with Crippen LogP contribution in [0.2, 0.25) is 5.02 Å². The molecule has 2 fully saturated rings. The first-order valence-corrected chi connectivity index (χ1v) is 32.0. The van der Waals surface area contributed by atoms with Crippen molar-refractivity contribution in [1.82, 2.24) is 9.47 Å². The zero-order chi connectivity index (χ0) is 53.8. The van der Waals surface area contributed by atoms with E-state index in [0.717, 1.165) is 61.3 Å². The van der Waals surface area contributed by atoms with E-state index in [1.165, 1.54) is 30.5 Å². The quantitative estimate of drug-likeness (QED) is 0.0701. The Balaban J connectivity index is 0.948. The lowest BCUT2D eigenvalue weighted by Gasteiger charge is -2.37. The number of nitrogens with one attached hydrogen (secondary N) is 2. The molecule has 8 rings (SSSR count). The van der Waals surface area contributed by atoms with E-state index in [1.807, 2.05) is 79.1 Å². The number of piperazine rings is 1. The predicted octanol–water partition coefficient (Wildman–Crippen LogP) is 11.3. The normalized spacial score (nSPS) is 15.7. The third-order valence-corrected chi connectivity index (χ3v) is 18.9. The van der Waals surface area contributed by atoms with Gasteiger partial charge in [0.1, 0.15) is 5.82 Å². The lowest BCUT2D eigenvalue weighted by Crippen LogP contribution is -2.46. The highest BCUT2D eigenvalue weighted by atomic mass is 35.5. The van der Waals surface area contributed by atoms with Crippen LogP contribution in [0.4, 0.5) is 27.1 Å². The Morgan fingerprint density at radius 3 is 1.97 bits per heavy atom. The van der Waals surface area contributed by atoms with Gasteiger partial charge in [-0.25, -0.2) is 29.6 Å². The van der Waals surface area contributed by atoms with Gasteiger partial charge in [-0.15, -0.1) is 11.8 Å². The maximum atomic E-state index is 15.8. The molecule has 0 aliphatic carbocycles. The Morgan fingerprint density at radius 2 is 1.37 bits per heavy atom. The SMILES string of the molecule is Cc1c(S(C)(=O)=O)c(-c2cc(F)cc(N3CCN(c4ccc(NS(=O)(=O)c5ccc(N[C@H](CCN6CCC(OC(C)C)CC6)CSc6ccccc6)c(S(C)(=O)=O)c5)cc4)CC3)c2)c(-c2ccc(Cl)cc2)n1C(C)C. The predicted molar refractivity (Wildman–Crippen MR) is 305 cm³/mol. The van der Waals surface area contributed by atoms with Crippen LogP contribution in [0.1, 0.15) is 58.7 Å². The molecule has 6 aromatic rings. The van der Waals surface area contributed by atoms with Crippen LogP contribution in [0.5, 0.6) is 0 Å². The van der Waals surface area contributed by atoms with Gasteiger partial charge in [-0.2, -0.15) is 0 Å². The highest BCUT2D eigenvalue weighted by molar-refractivity contribution is 7.99. The number of likely N-dealkylation sites (tertiary alicyclic amines) is 1. The van der Waals surface area contributed by atoms with E-state index in [2.05, 4.69) is 38.6 Å². The number of aromatic nitrogens is 1. The number of piperidine rings is 1. The van der Waals surface area contributed by atoms with Crippen molar-refractivity contribution in [1.29, 1.82) is 0 Å². The molecular weight excluding hydrogens is 1050 g/mol. The summed E-state index contributed by atoms with van der Waals surface area (Å²) in [5, 5.41) is 4.03. The fourth-order valence-electron chi connectivity index (χ4n) is 10.2. The van der Waals surface area contributed by atoms with E-state index >= 15 is 4.39 Å². The highest BCUT2D eigenvalue weighted by Crippen LogP contribution is 2.45. The molecule has 1 aromatic heterocycles. The topological polar surface area (TPSA) is 150 Å². The van der Waals surface area contributed by atoms with Crippen LogP contribution in [0, 0.1) is 12.7 Å². The van der Waals surface area contributed by atoms with Crippen molar-refractivity contribution < 1.29 is 34.4 Å². The molecule has 2 aliphatic heterocycles. The molecule has 0 unspecified atom stereocenters. The van der Waals surface area contributed by atoms with E-state index in [9.17, 15) is 25.3 Å². The Hall–Kier alpha value is -5.08. The van der Waals surface area contributed by atoms with E-state index < -0.39 is 35.5 Å². The third-order valence-electron chi connectivity index (χ3n) is 13.7. The van der Waals surface area contributed by atoms with Crippen molar-refractivity contribution in [3.8, 4) is 22.4 Å². The zero-order valence-corrected chi connectivity index (χ0v) is 47.6. The van der Waals surface area contributed by atoms with Crippen molar-refractivity contribution in [3.63, 3.8) is 0 Å². The van der Waals surface area contributed by atoms with Gasteiger partial charge in [0, 0.05) is 114 Å². The summed E-state index contributed by atoms with van der Waals surface area (Å²) in [7, 11) is -11.9. The summed E-state index contributed by atoms with van der Waals surface area (Å²) < 4.78 is 108. The average Bonchev–Trinajstić information content (AvgIpc) is 3.73. The second kappa shape index (κ2) is 23.7. The Labute approximate surface area is 452 Å². The van der Waals surface area contributed by atoms with Gasteiger partial charge in [-0.3, -0.25) is 4.72 Å². The van der Waals surface area contributed by atoms with Crippen molar-refractivity contribution in [3.05, 3.63) is 132 Å². The minimum atomic E-state index is -4.22. The van der Waals surface area contributed by atoms with Crippen molar-refractivity contribution >= 4 is 75.8 Å². The minimum Gasteiger partial charge on any atom is -0.380 e. The fraction of sp³-hybridized carbons (Fsp3) is 0.393. The van der Waals surface area contributed by atoms with Gasteiger partial charge < -0.3 is 29.3 Å². The van der Waals surface area contributed by atoms with E-state index in [1.54, 1.807) is 49.0 Å². The van der Waals surface area contributed by atoms with Gasteiger partial charge in [-0.05, 0) is 150 Å². The summed E-state index contributed by atoms with van der Waals surface area (Å²) in [6, 6.07) is 32.9. The second-order valence-corrected chi connectivity index (χ2v) is 27.3. The molecule has 2 saturated heterocycles. The maximum absolute atomic E-state index is 15.8. The van der Waals surface area contributed by atoms with Crippen molar-refractivity contribution in [2.75, 3.05) is 83.9 Å². The van der Waals surface area contributed by atoms with Gasteiger partial charge in [-0.1, -0.05) is 41.9 Å². The Bertz CT molecular complexity index is 3290. The number of sulfonamides is 1. The van der Waals surface area contributed by atoms with Crippen LogP contribution < -0.4 is 19.8 Å². The molecule has 0 radical (unpaired) electrons. The molecule has 2 N–H and O–H groups in total. The molecule has 13 nitrogen and oxygen atoms in total. The molecule has 0 saturated carbocycles. The monoisotopic (exact) mass is 1120 g/mol. The second-order valence-electron chi connectivity index (χ2n) is 20.1. The van der Waals surface area contributed by atoms with E-state index in [-0.39, 0.29) is 39.0 Å².